The maximum atomic E-state index is 10.8. The number of nitrogens with zero attached hydrogens (tertiary/aromatic N) is 1. The highest BCUT2D eigenvalue weighted by atomic mass is 16.5. The van der Waals surface area contributed by atoms with Crippen LogP contribution in [0.15, 0.2) is 0 Å². The molecular weight excluding hydrogens is 218 g/mol. The lowest BCUT2D eigenvalue weighted by atomic mass is 10.0. The van der Waals surface area contributed by atoms with Crippen LogP contribution >= 0.6 is 0 Å². The third-order valence-corrected chi connectivity index (χ3v) is 3.88. The first kappa shape index (κ1) is 12.8. The van der Waals surface area contributed by atoms with Crippen molar-refractivity contribution < 1.29 is 14.6 Å². The molecule has 0 amide bonds. The van der Waals surface area contributed by atoms with Gasteiger partial charge in [0.05, 0.1) is 12.5 Å². The van der Waals surface area contributed by atoms with Gasteiger partial charge >= 0.3 is 5.97 Å². The van der Waals surface area contributed by atoms with Crippen molar-refractivity contribution in [3.63, 3.8) is 0 Å². The Morgan fingerprint density at radius 3 is 2.76 bits per heavy atom. The van der Waals surface area contributed by atoms with Gasteiger partial charge in [-0.1, -0.05) is 0 Å². The Hall–Kier alpha value is -0.610. The minimum absolute atomic E-state index is 0.0647. The van der Waals surface area contributed by atoms with Gasteiger partial charge in [0.1, 0.15) is 0 Å². The summed E-state index contributed by atoms with van der Waals surface area (Å²) in [6.45, 7) is 2.74. The fraction of sp³-hybridized carbons (Fsp3) is 0.923. The number of carbonyl (C=O) groups is 1. The highest BCUT2D eigenvalue weighted by molar-refractivity contribution is 5.68. The summed E-state index contributed by atoms with van der Waals surface area (Å²) in [7, 11) is 2.08. The fourth-order valence-corrected chi connectivity index (χ4v) is 2.82. The average Bonchev–Trinajstić information content (AvgIpc) is 2.97. The first-order chi connectivity index (χ1) is 8.10. The van der Waals surface area contributed by atoms with E-state index >= 15 is 0 Å². The molecule has 0 aromatic rings. The van der Waals surface area contributed by atoms with E-state index in [1.165, 1.54) is 12.8 Å². The number of hydrogen-bond donors (Lipinski definition) is 1. The molecule has 4 nitrogen and oxygen atoms in total. The molecule has 2 rings (SSSR count). The molecule has 1 unspecified atom stereocenters. The third kappa shape index (κ3) is 3.96. The van der Waals surface area contributed by atoms with Crippen molar-refractivity contribution in [1.82, 2.24) is 4.90 Å². The molecule has 1 aliphatic heterocycles. The van der Waals surface area contributed by atoms with E-state index in [9.17, 15) is 4.79 Å². The van der Waals surface area contributed by atoms with Crippen molar-refractivity contribution in [2.45, 2.75) is 44.6 Å². The highest BCUT2D eigenvalue weighted by Gasteiger charge is 2.45. The van der Waals surface area contributed by atoms with Gasteiger partial charge in [0.15, 0.2) is 0 Å². The smallest absolute Gasteiger partial charge is 0.303 e. The Morgan fingerprint density at radius 1 is 1.47 bits per heavy atom. The minimum Gasteiger partial charge on any atom is -0.481 e. The standard InChI is InChI=1S/C13H23NO3/c1-14(9-11-4-2-3-7-17-11)10-13(5-6-13)8-12(15)16/h11H,2-10H2,1H3,(H,15,16). The Kier molecular flexibility index (Phi) is 4.05. The van der Waals surface area contributed by atoms with Crippen molar-refractivity contribution in [1.29, 1.82) is 0 Å². The number of hydrogen-bond acceptors (Lipinski definition) is 3. The van der Waals surface area contributed by atoms with Gasteiger partial charge < -0.3 is 14.7 Å². The SMILES string of the molecule is CN(CC1CCCCO1)CC1(CC(=O)O)CC1. The predicted molar refractivity (Wildman–Crippen MR) is 65.0 cm³/mol. The summed E-state index contributed by atoms with van der Waals surface area (Å²) in [6, 6.07) is 0. The van der Waals surface area contributed by atoms with Gasteiger partial charge in [-0.2, -0.15) is 0 Å². The molecule has 1 saturated heterocycles. The van der Waals surface area contributed by atoms with Crippen LogP contribution in [0.5, 0.6) is 0 Å². The van der Waals surface area contributed by atoms with E-state index in [1.54, 1.807) is 0 Å². The van der Waals surface area contributed by atoms with E-state index in [0.29, 0.717) is 12.5 Å². The van der Waals surface area contributed by atoms with Crippen molar-refractivity contribution in [2.75, 3.05) is 26.7 Å². The second-order valence-electron chi connectivity index (χ2n) is 5.76. The molecule has 1 N–H and O–H groups in total. The van der Waals surface area contributed by atoms with Crippen LogP contribution in [0.4, 0.5) is 0 Å². The molecule has 0 radical (unpaired) electrons. The van der Waals surface area contributed by atoms with E-state index < -0.39 is 5.97 Å². The number of likely N-dealkylation sites (N-methyl/N-ethyl adjacent to an activating group) is 1. The van der Waals surface area contributed by atoms with Gasteiger partial charge in [-0.25, -0.2) is 0 Å². The predicted octanol–water partition coefficient (Wildman–Crippen LogP) is 1.74. The van der Waals surface area contributed by atoms with Crippen LogP contribution < -0.4 is 0 Å². The molecule has 0 aromatic carbocycles. The molecule has 2 aliphatic rings. The second kappa shape index (κ2) is 5.36. The van der Waals surface area contributed by atoms with Gasteiger partial charge in [0.2, 0.25) is 0 Å². The second-order valence-corrected chi connectivity index (χ2v) is 5.76. The third-order valence-electron chi connectivity index (χ3n) is 3.88. The van der Waals surface area contributed by atoms with E-state index in [0.717, 1.165) is 39.0 Å². The lowest BCUT2D eigenvalue weighted by molar-refractivity contribution is -0.138. The van der Waals surface area contributed by atoms with E-state index in [1.807, 2.05) is 0 Å². The maximum Gasteiger partial charge on any atom is 0.303 e. The van der Waals surface area contributed by atoms with Crippen LogP contribution in [0, 0.1) is 5.41 Å². The van der Waals surface area contributed by atoms with Gasteiger partial charge in [0.25, 0.3) is 0 Å². The number of carboxylic acid groups (broad SMARTS) is 1. The first-order valence-electron chi connectivity index (χ1n) is 6.62. The zero-order chi connectivity index (χ0) is 12.3. The molecule has 0 aromatic heterocycles. The lowest BCUT2D eigenvalue weighted by Crippen LogP contribution is -2.37. The fourth-order valence-electron chi connectivity index (χ4n) is 2.82. The van der Waals surface area contributed by atoms with Gasteiger partial charge in [0, 0.05) is 19.7 Å². The monoisotopic (exact) mass is 241 g/mol. The number of carboxylic acids is 1. The molecule has 1 heterocycles. The quantitative estimate of drug-likeness (QED) is 0.769. The van der Waals surface area contributed by atoms with E-state index in [-0.39, 0.29) is 5.41 Å². The Bertz CT molecular complexity index is 270. The summed E-state index contributed by atoms with van der Waals surface area (Å²) in [4.78, 5) is 13.0. The molecule has 0 bridgehead atoms. The van der Waals surface area contributed by atoms with Crippen LogP contribution in [-0.4, -0.2) is 48.8 Å². The van der Waals surface area contributed by atoms with E-state index in [2.05, 4.69) is 11.9 Å². The summed E-state index contributed by atoms with van der Waals surface area (Å²) in [5.41, 5.74) is 0.0647. The van der Waals surface area contributed by atoms with Crippen molar-refractivity contribution in [3.8, 4) is 0 Å². The molecular formula is C13H23NO3. The average molecular weight is 241 g/mol. The zero-order valence-corrected chi connectivity index (χ0v) is 10.7. The zero-order valence-electron chi connectivity index (χ0n) is 10.7. The summed E-state index contributed by atoms with van der Waals surface area (Å²) in [5, 5.41) is 8.88. The van der Waals surface area contributed by atoms with Crippen LogP contribution in [0.1, 0.15) is 38.5 Å². The van der Waals surface area contributed by atoms with E-state index in [4.69, 9.17) is 9.84 Å². The molecule has 98 valence electrons. The Labute approximate surface area is 103 Å². The molecule has 1 aliphatic carbocycles. The summed E-state index contributed by atoms with van der Waals surface area (Å²) in [5.74, 6) is -0.662. The normalized spacial score (nSPS) is 27.1. The Morgan fingerprint density at radius 2 is 2.24 bits per heavy atom. The minimum atomic E-state index is -0.662. The van der Waals surface area contributed by atoms with Gasteiger partial charge in [-0.3, -0.25) is 4.79 Å². The van der Waals surface area contributed by atoms with Gasteiger partial charge in [-0.15, -0.1) is 0 Å². The van der Waals surface area contributed by atoms with Crippen LogP contribution in [0.2, 0.25) is 0 Å². The molecule has 1 atom stereocenters. The van der Waals surface area contributed by atoms with Crippen molar-refractivity contribution in [2.24, 2.45) is 5.41 Å². The van der Waals surface area contributed by atoms with Crippen molar-refractivity contribution >= 4 is 5.97 Å². The molecule has 17 heavy (non-hydrogen) atoms. The lowest BCUT2D eigenvalue weighted by Gasteiger charge is -2.29. The molecule has 0 spiro atoms. The highest BCUT2D eigenvalue weighted by Crippen LogP contribution is 2.49. The first-order valence-corrected chi connectivity index (χ1v) is 6.62. The topological polar surface area (TPSA) is 49.8 Å². The van der Waals surface area contributed by atoms with Crippen LogP contribution in [0.3, 0.4) is 0 Å². The number of aliphatic carboxylic acids is 1. The summed E-state index contributed by atoms with van der Waals surface area (Å²) >= 11 is 0. The Balaban J connectivity index is 1.72. The largest absolute Gasteiger partial charge is 0.481 e. The van der Waals surface area contributed by atoms with Crippen LogP contribution in [-0.2, 0) is 9.53 Å². The molecule has 4 heteroatoms. The molecule has 1 saturated carbocycles. The van der Waals surface area contributed by atoms with Crippen molar-refractivity contribution in [3.05, 3.63) is 0 Å². The number of ether oxygens (including phenoxy) is 1. The summed E-state index contributed by atoms with van der Waals surface area (Å²) in [6.07, 6.45) is 6.40. The summed E-state index contributed by atoms with van der Waals surface area (Å²) < 4.78 is 5.71. The van der Waals surface area contributed by atoms with Gasteiger partial charge in [-0.05, 0) is 44.6 Å². The molecule has 2 fully saturated rings. The number of rotatable bonds is 6. The maximum absolute atomic E-state index is 10.8. The van der Waals surface area contributed by atoms with Crippen LogP contribution in [0.25, 0.3) is 0 Å².